The van der Waals surface area contributed by atoms with Crippen LogP contribution in [-0.4, -0.2) is 17.1 Å². The van der Waals surface area contributed by atoms with E-state index in [1.165, 1.54) is 36.9 Å². The third-order valence-electron chi connectivity index (χ3n) is 3.35. The van der Waals surface area contributed by atoms with Crippen molar-refractivity contribution in [3.63, 3.8) is 0 Å². The summed E-state index contributed by atoms with van der Waals surface area (Å²) in [5.74, 6) is -0.723. The molecule has 0 aliphatic carbocycles. The molecule has 0 bridgehead atoms. The van der Waals surface area contributed by atoms with Crippen molar-refractivity contribution in [3.05, 3.63) is 54.1 Å². The highest BCUT2D eigenvalue weighted by Crippen LogP contribution is 2.35. The third-order valence-corrected chi connectivity index (χ3v) is 4.46. The molecule has 0 radical (unpaired) electrons. The number of halogens is 3. The van der Waals surface area contributed by atoms with Crippen molar-refractivity contribution < 1.29 is 22.8 Å². The first-order chi connectivity index (χ1) is 12.2. The molecule has 0 spiro atoms. The average molecular weight is 382 g/mol. The molecule has 2 aromatic carbocycles. The van der Waals surface area contributed by atoms with Crippen LogP contribution in [-0.2, 0) is 15.8 Å². The minimum Gasteiger partial charge on any atom is -0.326 e. The van der Waals surface area contributed by atoms with Gasteiger partial charge in [-0.25, -0.2) is 0 Å². The molecule has 0 aliphatic rings. The highest BCUT2D eigenvalue weighted by atomic mass is 32.2. The van der Waals surface area contributed by atoms with E-state index in [-0.39, 0.29) is 11.6 Å². The van der Waals surface area contributed by atoms with Crippen LogP contribution in [0.15, 0.2) is 53.4 Å². The number of benzene rings is 2. The van der Waals surface area contributed by atoms with Crippen LogP contribution in [0.4, 0.5) is 24.5 Å². The summed E-state index contributed by atoms with van der Waals surface area (Å²) in [7, 11) is 0. The van der Waals surface area contributed by atoms with Gasteiger partial charge in [0.05, 0.1) is 16.5 Å². The van der Waals surface area contributed by atoms with Gasteiger partial charge >= 0.3 is 6.18 Å². The molecule has 0 aromatic heterocycles. The molecule has 1 unspecified atom stereocenters. The second-order valence-electron chi connectivity index (χ2n) is 5.50. The van der Waals surface area contributed by atoms with E-state index in [1.807, 2.05) is 0 Å². The van der Waals surface area contributed by atoms with Gasteiger partial charge in [-0.1, -0.05) is 12.1 Å². The average Bonchev–Trinajstić information content (AvgIpc) is 2.55. The molecule has 2 N–H and O–H groups in total. The highest BCUT2D eigenvalue weighted by Gasteiger charge is 2.33. The van der Waals surface area contributed by atoms with Crippen LogP contribution in [0, 0.1) is 0 Å². The minimum absolute atomic E-state index is 0.193. The van der Waals surface area contributed by atoms with Crippen LogP contribution in [0.3, 0.4) is 0 Å². The molecule has 0 heterocycles. The summed E-state index contributed by atoms with van der Waals surface area (Å²) in [6.07, 6.45) is -4.54. The van der Waals surface area contributed by atoms with E-state index in [4.69, 9.17) is 0 Å². The molecule has 2 aromatic rings. The molecule has 0 fully saturated rings. The Kier molecular flexibility index (Phi) is 6.31. The molecule has 0 saturated carbocycles. The lowest BCUT2D eigenvalue weighted by molar-refractivity contribution is -0.137. The first kappa shape index (κ1) is 19.8. The second-order valence-corrected chi connectivity index (χ2v) is 6.91. The number of carbonyl (C=O) groups excluding carboxylic acids is 2. The van der Waals surface area contributed by atoms with E-state index in [2.05, 4.69) is 10.6 Å². The van der Waals surface area contributed by atoms with Gasteiger partial charge < -0.3 is 10.6 Å². The van der Waals surface area contributed by atoms with Gasteiger partial charge in [0.25, 0.3) is 0 Å². The van der Waals surface area contributed by atoms with Gasteiger partial charge in [-0.2, -0.15) is 13.2 Å². The maximum absolute atomic E-state index is 13.0. The van der Waals surface area contributed by atoms with Crippen molar-refractivity contribution in [2.24, 2.45) is 0 Å². The van der Waals surface area contributed by atoms with Crippen molar-refractivity contribution in [2.45, 2.75) is 30.2 Å². The van der Waals surface area contributed by atoms with Crippen molar-refractivity contribution in [1.82, 2.24) is 0 Å². The Balaban J connectivity index is 2.03. The molecule has 2 amide bonds. The Morgan fingerprint density at radius 2 is 1.62 bits per heavy atom. The number of alkyl halides is 3. The molecule has 0 saturated heterocycles. The van der Waals surface area contributed by atoms with Crippen molar-refractivity contribution >= 4 is 35.0 Å². The summed E-state index contributed by atoms with van der Waals surface area (Å²) in [4.78, 5) is 24.0. The molecular weight excluding hydrogens is 365 g/mol. The van der Waals surface area contributed by atoms with Gasteiger partial charge in [0.15, 0.2) is 0 Å². The Morgan fingerprint density at radius 1 is 1.00 bits per heavy atom. The lowest BCUT2D eigenvalue weighted by atomic mass is 10.1. The van der Waals surface area contributed by atoms with Crippen molar-refractivity contribution in [3.8, 4) is 0 Å². The minimum atomic E-state index is -4.54. The summed E-state index contributed by atoms with van der Waals surface area (Å²) in [5, 5.41) is 4.36. The van der Waals surface area contributed by atoms with E-state index in [1.54, 1.807) is 31.2 Å². The van der Waals surface area contributed by atoms with E-state index in [0.717, 1.165) is 11.0 Å². The normalized spacial score (nSPS) is 12.3. The summed E-state index contributed by atoms with van der Waals surface area (Å²) in [6, 6.07) is 11.7. The van der Waals surface area contributed by atoms with Crippen molar-refractivity contribution in [2.75, 3.05) is 10.6 Å². The third kappa shape index (κ3) is 5.52. The largest absolute Gasteiger partial charge is 0.418 e. The quantitative estimate of drug-likeness (QED) is 0.732. The maximum Gasteiger partial charge on any atom is 0.418 e. The van der Waals surface area contributed by atoms with E-state index >= 15 is 0 Å². The number of thioether (sulfide) groups is 1. The smallest absolute Gasteiger partial charge is 0.326 e. The SMILES string of the molecule is CC(=O)Nc1ccc(SC(C)C(=O)Nc2ccccc2C(F)(F)F)cc1. The topological polar surface area (TPSA) is 58.2 Å². The molecule has 0 aliphatic heterocycles. The number of hydrogen-bond donors (Lipinski definition) is 2. The fourth-order valence-corrected chi connectivity index (χ4v) is 3.02. The van der Waals surface area contributed by atoms with Gasteiger partial charge in [-0.05, 0) is 43.3 Å². The zero-order valence-corrected chi connectivity index (χ0v) is 14.9. The maximum atomic E-state index is 13.0. The van der Waals surface area contributed by atoms with Crippen LogP contribution in [0.5, 0.6) is 0 Å². The van der Waals surface area contributed by atoms with Gasteiger partial charge in [-0.15, -0.1) is 11.8 Å². The van der Waals surface area contributed by atoms with E-state index < -0.39 is 22.9 Å². The first-order valence-electron chi connectivity index (χ1n) is 7.68. The number of carbonyl (C=O) groups is 2. The van der Waals surface area contributed by atoms with Crippen LogP contribution >= 0.6 is 11.8 Å². The predicted octanol–water partition coefficient (Wildman–Crippen LogP) is 4.78. The van der Waals surface area contributed by atoms with Crippen molar-refractivity contribution in [1.29, 1.82) is 0 Å². The molecule has 8 heteroatoms. The summed E-state index contributed by atoms with van der Waals surface area (Å²) in [6.45, 7) is 3.01. The molecule has 4 nitrogen and oxygen atoms in total. The number of hydrogen-bond acceptors (Lipinski definition) is 3. The van der Waals surface area contributed by atoms with E-state index in [9.17, 15) is 22.8 Å². The van der Waals surface area contributed by atoms with Crippen LogP contribution in [0.1, 0.15) is 19.4 Å². The number of rotatable bonds is 5. The first-order valence-corrected chi connectivity index (χ1v) is 8.56. The number of nitrogens with one attached hydrogen (secondary N) is 2. The zero-order valence-electron chi connectivity index (χ0n) is 14.1. The fourth-order valence-electron chi connectivity index (χ4n) is 2.15. The van der Waals surface area contributed by atoms with Crippen LogP contribution in [0.25, 0.3) is 0 Å². The monoisotopic (exact) mass is 382 g/mol. The summed E-state index contributed by atoms with van der Waals surface area (Å²) < 4.78 is 39.0. The summed E-state index contributed by atoms with van der Waals surface area (Å²) >= 11 is 1.21. The molecular formula is C18H17F3N2O2S. The standard InChI is InChI=1S/C18H17F3N2O2S/c1-11(26-14-9-7-13(8-10-14)22-12(2)24)17(25)23-16-6-4-3-5-15(16)18(19,20)21/h3-11H,1-2H3,(H,22,24)(H,23,25). The number of amides is 2. The van der Waals surface area contributed by atoms with E-state index in [0.29, 0.717) is 5.69 Å². The Bertz CT molecular complexity index is 792. The fraction of sp³-hybridized carbons (Fsp3) is 0.222. The molecule has 2 rings (SSSR count). The van der Waals surface area contributed by atoms with Gasteiger partial charge in [-0.3, -0.25) is 9.59 Å². The molecule has 26 heavy (non-hydrogen) atoms. The number of anilines is 2. The second kappa shape index (κ2) is 8.27. The van der Waals surface area contributed by atoms with Gasteiger partial charge in [0, 0.05) is 17.5 Å². The highest BCUT2D eigenvalue weighted by molar-refractivity contribution is 8.00. The Hall–Kier alpha value is -2.48. The molecule has 1 atom stereocenters. The Labute approximate surface area is 153 Å². The molecule has 138 valence electrons. The van der Waals surface area contributed by atoms with Gasteiger partial charge in [0.1, 0.15) is 0 Å². The number of para-hydroxylation sites is 1. The lowest BCUT2D eigenvalue weighted by Crippen LogP contribution is -2.24. The predicted molar refractivity (Wildman–Crippen MR) is 96.1 cm³/mol. The summed E-state index contributed by atoms with van der Waals surface area (Å²) in [5.41, 5.74) is -0.526. The Morgan fingerprint density at radius 3 is 2.19 bits per heavy atom. The van der Waals surface area contributed by atoms with Crippen LogP contribution < -0.4 is 10.6 Å². The van der Waals surface area contributed by atoms with Crippen LogP contribution in [0.2, 0.25) is 0 Å². The lowest BCUT2D eigenvalue weighted by Gasteiger charge is -2.16. The zero-order chi connectivity index (χ0) is 19.3. The van der Waals surface area contributed by atoms with Gasteiger partial charge in [0.2, 0.25) is 11.8 Å².